The second-order valence-electron chi connectivity index (χ2n) is 11.6. The third kappa shape index (κ3) is 4.07. The number of nitrogens with zero attached hydrogens (tertiary/aromatic N) is 6. The normalized spacial score (nSPS) is 25.0. The summed E-state index contributed by atoms with van der Waals surface area (Å²) < 4.78 is 35.8. The SMILES string of the molecule is CC(C)c1ncccc1-c1ncc2c(n1)N(CC13CCC(c4nc(C(C)(F)F)cn4C)(CC1)C3)CCO2. The van der Waals surface area contributed by atoms with E-state index in [1.165, 1.54) is 6.20 Å². The zero-order valence-corrected chi connectivity index (χ0v) is 22.0. The largest absolute Gasteiger partial charge is 0.486 e. The van der Waals surface area contributed by atoms with Crippen molar-refractivity contribution in [2.45, 2.75) is 70.1 Å². The molecule has 0 atom stereocenters. The maximum atomic E-state index is 14.0. The number of ether oxygens (including phenoxy) is 1. The van der Waals surface area contributed by atoms with Crippen LogP contribution < -0.4 is 9.64 Å². The van der Waals surface area contributed by atoms with Crippen LogP contribution in [0.25, 0.3) is 11.4 Å². The molecular weight excluding hydrogens is 474 g/mol. The summed E-state index contributed by atoms with van der Waals surface area (Å²) in [5.74, 6) is 0.344. The topological polar surface area (TPSA) is 69.0 Å². The molecule has 2 aliphatic carbocycles. The van der Waals surface area contributed by atoms with Crippen LogP contribution in [-0.2, 0) is 18.4 Å². The summed E-state index contributed by atoms with van der Waals surface area (Å²) in [4.78, 5) is 21.0. The van der Waals surface area contributed by atoms with Gasteiger partial charge in [0.1, 0.15) is 18.1 Å². The molecule has 0 N–H and O–H groups in total. The van der Waals surface area contributed by atoms with Crippen LogP contribution in [0.4, 0.5) is 14.6 Å². The van der Waals surface area contributed by atoms with Crippen molar-refractivity contribution in [1.82, 2.24) is 24.5 Å². The lowest BCUT2D eigenvalue weighted by atomic mass is 9.81. The molecule has 37 heavy (non-hydrogen) atoms. The van der Waals surface area contributed by atoms with Crippen molar-refractivity contribution in [2.24, 2.45) is 12.5 Å². The van der Waals surface area contributed by atoms with E-state index < -0.39 is 5.92 Å². The average molecular weight is 509 g/mol. The molecule has 2 bridgehead atoms. The van der Waals surface area contributed by atoms with Crippen molar-refractivity contribution in [2.75, 3.05) is 24.6 Å². The lowest BCUT2D eigenvalue weighted by molar-refractivity contribution is 0.0129. The fraction of sp³-hybridized carbons (Fsp3) is 0.571. The Labute approximate surface area is 216 Å². The quantitative estimate of drug-likeness (QED) is 0.431. The zero-order chi connectivity index (χ0) is 26.0. The van der Waals surface area contributed by atoms with Crippen LogP contribution in [0, 0.1) is 5.41 Å². The molecule has 0 radical (unpaired) electrons. The van der Waals surface area contributed by atoms with Crippen LogP contribution in [-0.4, -0.2) is 44.2 Å². The fourth-order valence-corrected chi connectivity index (χ4v) is 6.83. The Morgan fingerprint density at radius 3 is 2.62 bits per heavy atom. The van der Waals surface area contributed by atoms with E-state index in [1.807, 2.05) is 29.9 Å². The van der Waals surface area contributed by atoms with E-state index in [9.17, 15) is 8.78 Å². The van der Waals surface area contributed by atoms with Gasteiger partial charge in [0.05, 0.1) is 18.4 Å². The van der Waals surface area contributed by atoms with Gasteiger partial charge >= 0.3 is 0 Å². The summed E-state index contributed by atoms with van der Waals surface area (Å²) in [5.41, 5.74) is 1.77. The molecule has 6 rings (SSSR count). The van der Waals surface area contributed by atoms with Gasteiger partial charge in [-0.15, -0.1) is 0 Å². The number of hydrogen-bond donors (Lipinski definition) is 0. The molecule has 2 saturated carbocycles. The number of rotatable bonds is 6. The smallest absolute Gasteiger partial charge is 0.288 e. The van der Waals surface area contributed by atoms with Crippen LogP contribution >= 0.6 is 0 Å². The van der Waals surface area contributed by atoms with E-state index in [0.717, 1.165) is 75.0 Å². The molecule has 0 amide bonds. The second-order valence-corrected chi connectivity index (χ2v) is 11.6. The molecular formula is C28H34F2N6O. The van der Waals surface area contributed by atoms with Gasteiger partial charge in [-0.05, 0) is 55.6 Å². The third-order valence-electron chi connectivity index (χ3n) is 8.59. The minimum Gasteiger partial charge on any atom is -0.486 e. The molecule has 3 aromatic rings. The van der Waals surface area contributed by atoms with Gasteiger partial charge < -0.3 is 14.2 Å². The highest BCUT2D eigenvalue weighted by Gasteiger charge is 2.57. The summed E-state index contributed by atoms with van der Waals surface area (Å²) in [6, 6.07) is 3.95. The number of imidazole rings is 1. The highest BCUT2D eigenvalue weighted by molar-refractivity contribution is 5.64. The molecule has 0 saturated heterocycles. The molecule has 7 nitrogen and oxygen atoms in total. The molecule has 2 fully saturated rings. The van der Waals surface area contributed by atoms with E-state index in [2.05, 4.69) is 33.7 Å². The summed E-state index contributed by atoms with van der Waals surface area (Å²) in [7, 11) is 1.85. The van der Waals surface area contributed by atoms with Crippen LogP contribution in [0.5, 0.6) is 5.75 Å². The van der Waals surface area contributed by atoms with E-state index in [4.69, 9.17) is 9.72 Å². The summed E-state index contributed by atoms with van der Waals surface area (Å²) >= 11 is 0. The highest BCUT2D eigenvalue weighted by Crippen LogP contribution is 2.62. The van der Waals surface area contributed by atoms with E-state index in [-0.39, 0.29) is 22.4 Å². The molecule has 196 valence electrons. The Balaban J connectivity index is 1.28. The zero-order valence-electron chi connectivity index (χ0n) is 22.0. The Morgan fingerprint density at radius 2 is 1.92 bits per heavy atom. The van der Waals surface area contributed by atoms with Gasteiger partial charge in [-0.25, -0.2) is 15.0 Å². The molecule has 0 spiro atoms. The lowest BCUT2D eigenvalue weighted by Crippen LogP contribution is -2.41. The van der Waals surface area contributed by atoms with E-state index in [1.54, 1.807) is 6.20 Å². The number of hydrogen-bond acceptors (Lipinski definition) is 6. The van der Waals surface area contributed by atoms with Crippen LogP contribution in [0.15, 0.2) is 30.7 Å². The number of fused-ring (bicyclic) bond motifs is 3. The lowest BCUT2D eigenvalue weighted by Gasteiger charge is -2.37. The van der Waals surface area contributed by atoms with Gasteiger partial charge in [0.25, 0.3) is 5.92 Å². The van der Waals surface area contributed by atoms with Crippen molar-refractivity contribution in [3.8, 4) is 17.1 Å². The predicted octanol–water partition coefficient (Wildman–Crippen LogP) is 5.61. The molecule has 3 aromatic heterocycles. The van der Waals surface area contributed by atoms with Crippen molar-refractivity contribution in [3.05, 3.63) is 47.9 Å². The van der Waals surface area contributed by atoms with Gasteiger partial charge in [-0.2, -0.15) is 8.78 Å². The first-order valence-electron chi connectivity index (χ1n) is 13.2. The van der Waals surface area contributed by atoms with Crippen LogP contribution in [0.3, 0.4) is 0 Å². The first-order valence-corrected chi connectivity index (χ1v) is 13.2. The van der Waals surface area contributed by atoms with Gasteiger partial charge in [-0.1, -0.05) is 13.8 Å². The summed E-state index contributed by atoms with van der Waals surface area (Å²) in [6.45, 7) is 7.39. The summed E-state index contributed by atoms with van der Waals surface area (Å²) in [5, 5.41) is 0. The highest BCUT2D eigenvalue weighted by atomic mass is 19.3. The molecule has 9 heteroatoms. The van der Waals surface area contributed by atoms with Gasteiger partial charge in [-0.3, -0.25) is 4.98 Å². The predicted molar refractivity (Wildman–Crippen MR) is 137 cm³/mol. The number of anilines is 1. The number of aryl methyl sites for hydroxylation is 1. The Morgan fingerprint density at radius 1 is 1.14 bits per heavy atom. The molecule has 0 unspecified atom stereocenters. The van der Waals surface area contributed by atoms with Gasteiger partial charge in [0, 0.05) is 43.9 Å². The minimum absolute atomic E-state index is 0.109. The number of alkyl halides is 2. The monoisotopic (exact) mass is 508 g/mol. The maximum Gasteiger partial charge on any atom is 0.288 e. The molecule has 0 aromatic carbocycles. The van der Waals surface area contributed by atoms with Crippen LogP contribution in [0.1, 0.15) is 76.0 Å². The van der Waals surface area contributed by atoms with Crippen molar-refractivity contribution in [3.63, 3.8) is 0 Å². The van der Waals surface area contributed by atoms with Crippen molar-refractivity contribution in [1.29, 1.82) is 0 Å². The molecule has 3 aliphatic rings. The van der Waals surface area contributed by atoms with Crippen LogP contribution in [0.2, 0.25) is 0 Å². The van der Waals surface area contributed by atoms with Gasteiger partial charge in [0.15, 0.2) is 17.4 Å². The Hall–Kier alpha value is -3.10. The first-order chi connectivity index (χ1) is 17.6. The number of aromatic nitrogens is 5. The first kappa shape index (κ1) is 24.2. The van der Waals surface area contributed by atoms with Gasteiger partial charge in [0.2, 0.25) is 0 Å². The number of pyridine rings is 1. The fourth-order valence-electron chi connectivity index (χ4n) is 6.83. The standard InChI is InChI=1S/C28H34F2N6O/c1-18(2)22-19(6-5-11-31-22)23-32-14-20-24(34-23)36(12-13-37-20)17-27-7-9-28(16-27,10-8-27)25-33-21(15-35(25)4)26(3,29)30/h5-6,11,14-15,18H,7-10,12-13,16-17H2,1-4H3. The second kappa shape index (κ2) is 8.46. The minimum atomic E-state index is -2.93. The number of halogens is 2. The third-order valence-corrected chi connectivity index (χ3v) is 8.59. The van der Waals surface area contributed by atoms with E-state index >= 15 is 0 Å². The van der Waals surface area contributed by atoms with Crippen molar-refractivity contribution >= 4 is 5.82 Å². The van der Waals surface area contributed by atoms with Crippen molar-refractivity contribution < 1.29 is 13.5 Å². The molecule has 1 aliphatic heterocycles. The Kier molecular flexibility index (Phi) is 5.55. The summed E-state index contributed by atoms with van der Waals surface area (Å²) in [6.07, 6.45) is 10.1. The average Bonchev–Trinajstić information content (AvgIpc) is 3.56. The maximum absolute atomic E-state index is 14.0. The molecule has 4 heterocycles. The Bertz CT molecular complexity index is 1320. The van der Waals surface area contributed by atoms with E-state index in [0.29, 0.717) is 18.2 Å².